The van der Waals surface area contributed by atoms with Crippen molar-refractivity contribution < 1.29 is 23.8 Å². The van der Waals surface area contributed by atoms with E-state index in [0.717, 1.165) is 17.7 Å². The average Bonchev–Trinajstić information content (AvgIpc) is 2.84. The third-order valence-corrected chi connectivity index (χ3v) is 3.42. The Bertz CT molecular complexity index is 638. The summed E-state index contributed by atoms with van der Waals surface area (Å²) in [5.41, 5.74) is 6.85. The molecule has 6 nitrogen and oxygen atoms in total. The van der Waals surface area contributed by atoms with Gasteiger partial charge < -0.3 is 19.9 Å². The fraction of sp³-hybridized carbons (Fsp3) is 0.412. The molecule has 1 aliphatic rings. The molecule has 0 unspecified atom stereocenters. The van der Waals surface area contributed by atoms with Crippen LogP contribution in [0.15, 0.2) is 18.2 Å². The molecule has 1 aliphatic heterocycles. The zero-order valence-electron chi connectivity index (χ0n) is 13.5. The van der Waals surface area contributed by atoms with Crippen LogP contribution in [-0.2, 0) is 20.7 Å². The minimum absolute atomic E-state index is 0.125. The molecular weight excluding hydrogens is 298 g/mol. The van der Waals surface area contributed by atoms with E-state index in [-0.39, 0.29) is 6.10 Å². The first-order valence-corrected chi connectivity index (χ1v) is 7.55. The monoisotopic (exact) mass is 319 g/mol. The van der Waals surface area contributed by atoms with Gasteiger partial charge in [0.05, 0.1) is 6.61 Å². The first-order chi connectivity index (χ1) is 10.9. The lowest BCUT2D eigenvalue weighted by Gasteiger charge is -2.10. The van der Waals surface area contributed by atoms with Gasteiger partial charge in [-0.15, -0.1) is 0 Å². The Kier molecular flexibility index (Phi) is 5.26. The molecule has 2 rings (SSSR count). The van der Waals surface area contributed by atoms with E-state index in [9.17, 15) is 9.59 Å². The molecule has 0 saturated heterocycles. The van der Waals surface area contributed by atoms with Gasteiger partial charge in [0.15, 0.2) is 6.10 Å². The van der Waals surface area contributed by atoms with E-state index in [2.05, 4.69) is 0 Å². The number of benzene rings is 1. The normalized spacial score (nSPS) is 17.4. The van der Waals surface area contributed by atoms with Crippen molar-refractivity contribution in [2.45, 2.75) is 39.4 Å². The van der Waals surface area contributed by atoms with Crippen LogP contribution < -0.4 is 15.2 Å². The van der Waals surface area contributed by atoms with Crippen molar-refractivity contribution >= 4 is 18.0 Å². The highest BCUT2D eigenvalue weighted by Gasteiger charge is 2.21. The number of fused-ring (bicyclic) bond motifs is 1. The van der Waals surface area contributed by atoms with Crippen LogP contribution >= 0.6 is 0 Å². The second-order valence-electron chi connectivity index (χ2n) is 5.38. The van der Waals surface area contributed by atoms with E-state index < -0.39 is 18.0 Å². The number of hydrogen-bond acceptors (Lipinski definition) is 5. The van der Waals surface area contributed by atoms with Crippen molar-refractivity contribution in [3.63, 3.8) is 0 Å². The van der Waals surface area contributed by atoms with Crippen molar-refractivity contribution in [1.29, 1.82) is 0 Å². The number of primary amides is 1. The van der Waals surface area contributed by atoms with Gasteiger partial charge in [-0.1, -0.05) is 0 Å². The van der Waals surface area contributed by atoms with Gasteiger partial charge in [0.1, 0.15) is 17.6 Å². The Labute approximate surface area is 135 Å². The number of amides is 1. The second-order valence-corrected chi connectivity index (χ2v) is 5.38. The molecule has 0 spiro atoms. The number of carbonyl (C=O) groups is 2. The topological polar surface area (TPSA) is 87.9 Å². The highest BCUT2D eigenvalue weighted by Crippen LogP contribution is 2.35. The number of rotatable bonds is 6. The van der Waals surface area contributed by atoms with Gasteiger partial charge in [-0.2, -0.15) is 0 Å². The van der Waals surface area contributed by atoms with Crippen LogP contribution in [0.5, 0.6) is 11.5 Å². The molecule has 1 aromatic rings. The van der Waals surface area contributed by atoms with Crippen LogP contribution in [0.3, 0.4) is 0 Å². The third-order valence-electron chi connectivity index (χ3n) is 3.42. The number of esters is 1. The molecule has 124 valence electrons. The summed E-state index contributed by atoms with van der Waals surface area (Å²) >= 11 is 0. The van der Waals surface area contributed by atoms with Crippen LogP contribution in [0, 0.1) is 0 Å². The lowest BCUT2D eigenvalue weighted by Crippen LogP contribution is -2.29. The largest absolute Gasteiger partial charge is 0.493 e. The van der Waals surface area contributed by atoms with Crippen molar-refractivity contribution in [3.8, 4) is 11.5 Å². The molecule has 23 heavy (non-hydrogen) atoms. The summed E-state index contributed by atoms with van der Waals surface area (Å²) in [7, 11) is 0. The van der Waals surface area contributed by atoms with E-state index in [1.165, 1.54) is 13.0 Å². The summed E-state index contributed by atoms with van der Waals surface area (Å²) < 4.78 is 16.2. The minimum Gasteiger partial charge on any atom is -0.493 e. The van der Waals surface area contributed by atoms with Crippen molar-refractivity contribution in [2.24, 2.45) is 5.73 Å². The smallest absolute Gasteiger partial charge is 0.331 e. The minimum atomic E-state index is -0.970. The Morgan fingerprint density at radius 2 is 2.22 bits per heavy atom. The molecule has 0 bridgehead atoms. The SMILES string of the molecule is CCOc1cc2c(cc1/C=C/C(=O)O[C@H](C)C(N)=O)O[C@@H](C)C2. The van der Waals surface area contributed by atoms with Gasteiger partial charge in [0.2, 0.25) is 0 Å². The van der Waals surface area contributed by atoms with E-state index in [1.54, 1.807) is 6.08 Å². The van der Waals surface area contributed by atoms with Crippen LogP contribution in [0.25, 0.3) is 6.08 Å². The summed E-state index contributed by atoms with van der Waals surface area (Å²) in [5, 5.41) is 0. The molecule has 0 fully saturated rings. The summed E-state index contributed by atoms with van der Waals surface area (Å²) in [6.07, 6.45) is 2.80. The zero-order valence-corrected chi connectivity index (χ0v) is 13.5. The maximum atomic E-state index is 11.7. The van der Waals surface area contributed by atoms with Crippen molar-refractivity contribution in [3.05, 3.63) is 29.3 Å². The number of carbonyl (C=O) groups excluding carboxylic acids is 2. The van der Waals surface area contributed by atoms with Crippen LogP contribution in [0.1, 0.15) is 31.9 Å². The summed E-state index contributed by atoms with van der Waals surface area (Å²) in [6.45, 7) is 5.82. The molecule has 0 radical (unpaired) electrons. The van der Waals surface area contributed by atoms with Crippen molar-refractivity contribution in [2.75, 3.05) is 6.61 Å². The van der Waals surface area contributed by atoms with Gasteiger partial charge in [0.25, 0.3) is 5.91 Å². The maximum Gasteiger partial charge on any atom is 0.331 e. The highest BCUT2D eigenvalue weighted by molar-refractivity contribution is 5.90. The Morgan fingerprint density at radius 1 is 1.48 bits per heavy atom. The lowest BCUT2D eigenvalue weighted by molar-refractivity contribution is -0.148. The molecule has 0 aliphatic carbocycles. The lowest BCUT2D eigenvalue weighted by atomic mass is 10.1. The zero-order chi connectivity index (χ0) is 17.0. The van der Waals surface area contributed by atoms with Crippen LogP contribution in [0.2, 0.25) is 0 Å². The molecule has 1 heterocycles. The summed E-state index contributed by atoms with van der Waals surface area (Å²) in [6, 6.07) is 3.77. The molecule has 1 amide bonds. The highest BCUT2D eigenvalue weighted by atomic mass is 16.5. The molecule has 0 saturated carbocycles. The van der Waals surface area contributed by atoms with Gasteiger partial charge in [-0.25, -0.2) is 4.79 Å². The predicted molar refractivity (Wildman–Crippen MR) is 85.2 cm³/mol. The third kappa shape index (κ3) is 4.25. The Balaban J connectivity index is 2.18. The number of ether oxygens (including phenoxy) is 3. The van der Waals surface area contributed by atoms with Gasteiger partial charge in [0, 0.05) is 23.6 Å². The van der Waals surface area contributed by atoms with E-state index in [0.29, 0.717) is 17.9 Å². The molecule has 2 N–H and O–H groups in total. The van der Waals surface area contributed by atoms with E-state index in [1.807, 2.05) is 26.0 Å². The standard InChI is InChI=1S/C17H21NO5/c1-4-21-14-9-13-7-10(2)22-15(13)8-12(14)5-6-16(19)23-11(3)17(18)20/h5-6,8-11H,4,7H2,1-3H3,(H2,18,20)/b6-5+/t10-,11+/m0/s1. The quantitative estimate of drug-likeness (QED) is 0.638. The molecule has 0 aromatic heterocycles. The Hall–Kier alpha value is -2.50. The molecule has 6 heteroatoms. The van der Waals surface area contributed by atoms with E-state index >= 15 is 0 Å². The average molecular weight is 319 g/mol. The fourth-order valence-corrected chi connectivity index (χ4v) is 2.30. The number of hydrogen-bond donors (Lipinski definition) is 1. The van der Waals surface area contributed by atoms with Gasteiger partial charge >= 0.3 is 5.97 Å². The van der Waals surface area contributed by atoms with Gasteiger partial charge in [-0.3, -0.25) is 4.79 Å². The Morgan fingerprint density at radius 3 is 2.87 bits per heavy atom. The first-order valence-electron chi connectivity index (χ1n) is 7.55. The molecule has 2 atom stereocenters. The van der Waals surface area contributed by atoms with Gasteiger partial charge in [-0.05, 0) is 39.0 Å². The van der Waals surface area contributed by atoms with E-state index in [4.69, 9.17) is 19.9 Å². The van der Waals surface area contributed by atoms with Crippen LogP contribution in [-0.4, -0.2) is 30.7 Å². The summed E-state index contributed by atoms with van der Waals surface area (Å²) in [4.78, 5) is 22.6. The maximum absolute atomic E-state index is 11.7. The van der Waals surface area contributed by atoms with Crippen LogP contribution in [0.4, 0.5) is 0 Å². The summed E-state index contributed by atoms with van der Waals surface area (Å²) in [5.74, 6) is 0.130. The fourth-order valence-electron chi connectivity index (χ4n) is 2.30. The predicted octanol–water partition coefficient (Wildman–Crippen LogP) is 1.84. The first kappa shape index (κ1) is 16.9. The molecular formula is C17H21NO5. The molecule has 1 aromatic carbocycles. The second kappa shape index (κ2) is 7.17. The van der Waals surface area contributed by atoms with Crippen molar-refractivity contribution in [1.82, 2.24) is 0 Å². The number of nitrogens with two attached hydrogens (primary N) is 1.